The predicted molar refractivity (Wildman–Crippen MR) is 112 cm³/mol. The van der Waals surface area contributed by atoms with Gasteiger partial charge in [0.1, 0.15) is 0 Å². The van der Waals surface area contributed by atoms with Gasteiger partial charge in [0.25, 0.3) is 11.6 Å². The number of nitrogens with zero attached hydrogens (tertiary/aromatic N) is 3. The molecule has 0 radical (unpaired) electrons. The highest BCUT2D eigenvalue weighted by molar-refractivity contribution is 7.22. The summed E-state index contributed by atoms with van der Waals surface area (Å²) in [6, 6.07) is 14.0. The number of fused-ring (bicyclic) bond motifs is 1. The maximum Gasteiger partial charge on any atom is 0.270 e. The van der Waals surface area contributed by atoms with Gasteiger partial charge in [-0.15, -0.1) is 0 Å². The molecule has 1 N–H and O–H groups in total. The fourth-order valence-corrected chi connectivity index (χ4v) is 3.61. The third-order valence-electron chi connectivity index (χ3n) is 4.11. The van der Waals surface area contributed by atoms with E-state index in [1.807, 2.05) is 38.4 Å². The first-order valence-electron chi connectivity index (χ1n) is 8.82. The number of thiazole rings is 1. The molecule has 0 unspecified atom stereocenters. The van der Waals surface area contributed by atoms with Crippen molar-refractivity contribution >= 4 is 44.4 Å². The van der Waals surface area contributed by atoms with Crippen LogP contribution in [-0.4, -0.2) is 43.0 Å². The minimum Gasteiger partial charge on any atom is -0.338 e. The van der Waals surface area contributed by atoms with E-state index in [2.05, 4.69) is 4.98 Å². The summed E-state index contributed by atoms with van der Waals surface area (Å²) in [7, 11) is 4.06. The highest BCUT2D eigenvalue weighted by Crippen LogP contribution is 2.28. The van der Waals surface area contributed by atoms with Crippen molar-refractivity contribution in [2.24, 2.45) is 0 Å². The number of quaternary nitrogens is 1. The lowest BCUT2D eigenvalue weighted by atomic mass is 10.2. The van der Waals surface area contributed by atoms with E-state index in [0.29, 0.717) is 17.2 Å². The molecule has 3 rings (SSSR count). The molecule has 0 aliphatic rings. The van der Waals surface area contributed by atoms with Crippen LogP contribution >= 0.6 is 11.3 Å². The van der Waals surface area contributed by atoms with E-state index >= 15 is 0 Å². The fourth-order valence-electron chi connectivity index (χ4n) is 2.61. The number of hydrogen-bond acceptors (Lipinski definition) is 5. The average molecular weight is 397 g/mol. The van der Waals surface area contributed by atoms with Crippen LogP contribution in [0.5, 0.6) is 0 Å². The van der Waals surface area contributed by atoms with Crippen LogP contribution in [0.4, 0.5) is 10.8 Å². The van der Waals surface area contributed by atoms with Gasteiger partial charge in [0.2, 0.25) is 0 Å². The zero-order valence-corrected chi connectivity index (χ0v) is 16.5. The number of likely N-dealkylation sites (N-methyl/N-ethyl adjacent to an activating group) is 1. The van der Waals surface area contributed by atoms with Crippen molar-refractivity contribution in [3.63, 3.8) is 0 Å². The summed E-state index contributed by atoms with van der Waals surface area (Å²) in [5.41, 5.74) is 1.46. The summed E-state index contributed by atoms with van der Waals surface area (Å²) in [6.45, 7) is 1.30. The molecule has 3 aromatic rings. The Morgan fingerprint density at radius 3 is 2.75 bits per heavy atom. The van der Waals surface area contributed by atoms with Crippen molar-refractivity contribution < 1.29 is 14.6 Å². The first-order chi connectivity index (χ1) is 13.4. The number of non-ortho nitro benzene ring substituents is 1. The Labute approximate surface area is 166 Å². The number of hydrogen-bond donors (Lipinski definition) is 1. The number of para-hydroxylation sites is 1. The van der Waals surface area contributed by atoms with E-state index < -0.39 is 4.92 Å². The second-order valence-electron chi connectivity index (χ2n) is 6.60. The van der Waals surface area contributed by atoms with E-state index in [9.17, 15) is 14.9 Å². The Bertz CT molecular complexity index is 996. The third kappa shape index (κ3) is 4.79. The van der Waals surface area contributed by atoms with Gasteiger partial charge < -0.3 is 4.90 Å². The largest absolute Gasteiger partial charge is 0.338 e. The van der Waals surface area contributed by atoms with Crippen molar-refractivity contribution in [1.29, 1.82) is 0 Å². The molecule has 8 heteroatoms. The lowest BCUT2D eigenvalue weighted by Crippen LogP contribution is -3.06. The smallest absolute Gasteiger partial charge is 0.270 e. The molecule has 1 amide bonds. The molecule has 0 aliphatic heterocycles. The Morgan fingerprint density at radius 2 is 2.04 bits per heavy atom. The van der Waals surface area contributed by atoms with Crippen LogP contribution in [0.3, 0.4) is 0 Å². The average Bonchev–Trinajstić information content (AvgIpc) is 3.10. The summed E-state index contributed by atoms with van der Waals surface area (Å²) in [6.07, 6.45) is 3.04. The number of nitro groups is 1. The molecule has 0 atom stereocenters. The Kier molecular flexibility index (Phi) is 6.13. The summed E-state index contributed by atoms with van der Waals surface area (Å²) in [5, 5.41) is 11.6. The van der Waals surface area contributed by atoms with Crippen LogP contribution in [0.15, 0.2) is 54.6 Å². The molecule has 144 valence electrons. The molecular weight excluding hydrogens is 376 g/mol. The second-order valence-corrected chi connectivity index (χ2v) is 7.61. The minimum atomic E-state index is -0.452. The molecule has 0 saturated carbocycles. The fraction of sp³-hybridized carbons (Fsp3) is 0.200. The monoisotopic (exact) mass is 397 g/mol. The van der Waals surface area contributed by atoms with Gasteiger partial charge in [-0.05, 0) is 23.8 Å². The van der Waals surface area contributed by atoms with Crippen molar-refractivity contribution in [1.82, 2.24) is 4.98 Å². The quantitative estimate of drug-likeness (QED) is 0.377. The van der Waals surface area contributed by atoms with Crippen LogP contribution in [0, 0.1) is 10.1 Å². The number of nitro benzene ring substituents is 1. The number of benzene rings is 2. The van der Waals surface area contributed by atoms with E-state index in [0.717, 1.165) is 16.8 Å². The van der Waals surface area contributed by atoms with E-state index in [1.54, 1.807) is 23.1 Å². The lowest BCUT2D eigenvalue weighted by molar-refractivity contribution is -0.856. The molecule has 28 heavy (non-hydrogen) atoms. The van der Waals surface area contributed by atoms with Crippen molar-refractivity contribution in [2.45, 2.75) is 0 Å². The van der Waals surface area contributed by atoms with Gasteiger partial charge >= 0.3 is 0 Å². The van der Waals surface area contributed by atoms with Gasteiger partial charge in [0, 0.05) is 18.2 Å². The molecule has 0 bridgehead atoms. The highest BCUT2D eigenvalue weighted by Gasteiger charge is 2.19. The molecule has 1 aromatic heterocycles. The number of nitrogens with one attached hydrogen (secondary N) is 1. The molecule has 0 fully saturated rings. The normalized spacial score (nSPS) is 11.4. The van der Waals surface area contributed by atoms with E-state index in [-0.39, 0.29) is 11.6 Å². The summed E-state index contributed by atoms with van der Waals surface area (Å²) in [5.74, 6) is -0.202. The summed E-state index contributed by atoms with van der Waals surface area (Å²) in [4.78, 5) is 30.8. The number of carbonyl (C=O) groups excluding carboxylic acids is 1. The van der Waals surface area contributed by atoms with Crippen LogP contribution in [0.1, 0.15) is 5.56 Å². The lowest BCUT2D eigenvalue weighted by Gasteiger charge is -2.19. The van der Waals surface area contributed by atoms with Crippen LogP contribution in [0.2, 0.25) is 0 Å². The predicted octanol–water partition coefficient (Wildman–Crippen LogP) is 2.40. The third-order valence-corrected chi connectivity index (χ3v) is 5.17. The van der Waals surface area contributed by atoms with Crippen molar-refractivity contribution in [3.05, 3.63) is 70.3 Å². The first kappa shape index (κ1) is 19.7. The van der Waals surface area contributed by atoms with Gasteiger partial charge in [-0.3, -0.25) is 19.8 Å². The van der Waals surface area contributed by atoms with E-state index in [4.69, 9.17) is 0 Å². The van der Waals surface area contributed by atoms with Crippen molar-refractivity contribution in [3.8, 4) is 0 Å². The molecule has 2 aromatic carbocycles. The topological polar surface area (TPSA) is 80.8 Å². The number of aromatic nitrogens is 1. The Morgan fingerprint density at radius 1 is 1.25 bits per heavy atom. The maximum absolute atomic E-state index is 12.9. The van der Waals surface area contributed by atoms with Gasteiger partial charge in [-0.2, -0.15) is 0 Å². The Balaban J connectivity index is 1.85. The zero-order chi connectivity index (χ0) is 20.1. The number of anilines is 1. The Hall–Kier alpha value is -3.10. The second kappa shape index (κ2) is 8.73. The molecule has 0 spiro atoms. The van der Waals surface area contributed by atoms with Crippen molar-refractivity contribution in [2.75, 3.05) is 32.1 Å². The molecular formula is C20H21N4O3S+. The van der Waals surface area contributed by atoms with Gasteiger partial charge in [-0.25, -0.2) is 4.98 Å². The van der Waals surface area contributed by atoms with Crippen LogP contribution in [0.25, 0.3) is 16.3 Å². The van der Waals surface area contributed by atoms with E-state index in [1.165, 1.54) is 34.4 Å². The highest BCUT2D eigenvalue weighted by atomic mass is 32.1. The molecule has 1 heterocycles. The van der Waals surface area contributed by atoms with Gasteiger partial charge in [0.05, 0.1) is 42.3 Å². The standard InChI is InChI=1S/C20H20N4O3S/c1-22(2)12-13-23(20-21-17-8-3-4-9-18(17)28-20)19(25)11-10-15-6-5-7-16(14-15)24(26)27/h3-11,14H,12-13H2,1-2H3/p+1/b11-10+. The molecule has 7 nitrogen and oxygen atoms in total. The van der Waals surface area contributed by atoms with Gasteiger partial charge in [-0.1, -0.05) is 35.6 Å². The van der Waals surface area contributed by atoms with Gasteiger partial charge in [0.15, 0.2) is 5.13 Å². The molecule has 0 aliphatic carbocycles. The zero-order valence-electron chi connectivity index (χ0n) is 15.7. The number of rotatable bonds is 7. The SMILES string of the molecule is C[NH+](C)CCN(C(=O)/C=C/c1cccc([N+](=O)[O-])c1)c1nc2ccccc2s1. The first-order valence-corrected chi connectivity index (χ1v) is 9.64. The summed E-state index contributed by atoms with van der Waals surface area (Å²) >= 11 is 1.47. The van der Waals surface area contributed by atoms with Crippen LogP contribution in [-0.2, 0) is 4.79 Å². The van der Waals surface area contributed by atoms with Crippen LogP contribution < -0.4 is 9.80 Å². The number of amides is 1. The minimum absolute atomic E-state index is 0.00571. The maximum atomic E-state index is 12.9. The molecule has 0 saturated heterocycles. The summed E-state index contributed by atoms with van der Waals surface area (Å²) < 4.78 is 1.02. The number of carbonyl (C=O) groups is 1.